The predicted octanol–water partition coefficient (Wildman–Crippen LogP) is 2.93. The molecule has 5 heteroatoms. The third-order valence-corrected chi connectivity index (χ3v) is 3.45. The summed E-state index contributed by atoms with van der Waals surface area (Å²) in [6.07, 6.45) is 5.74. The quantitative estimate of drug-likeness (QED) is 0.859. The van der Waals surface area contributed by atoms with Crippen molar-refractivity contribution < 1.29 is 19.1 Å². The van der Waals surface area contributed by atoms with Crippen molar-refractivity contribution in [3.05, 3.63) is 23.8 Å². The highest BCUT2D eigenvalue weighted by atomic mass is 16.6. The van der Waals surface area contributed by atoms with Crippen molar-refractivity contribution in [2.45, 2.75) is 38.1 Å². The SMILES string of the molecule is COc1cc(C=O)ccc1OC(=O)NC1CCCCC1. The molecule has 1 aliphatic rings. The molecular weight excluding hydrogens is 258 g/mol. The van der Waals surface area contributed by atoms with Gasteiger partial charge >= 0.3 is 6.09 Å². The van der Waals surface area contributed by atoms with Crippen LogP contribution in [0.1, 0.15) is 42.5 Å². The highest BCUT2D eigenvalue weighted by molar-refractivity contribution is 5.77. The van der Waals surface area contributed by atoms with Crippen molar-refractivity contribution in [2.75, 3.05) is 7.11 Å². The molecule has 0 radical (unpaired) electrons. The number of amides is 1. The van der Waals surface area contributed by atoms with Gasteiger partial charge in [0.25, 0.3) is 0 Å². The van der Waals surface area contributed by atoms with E-state index in [2.05, 4.69) is 5.32 Å². The summed E-state index contributed by atoms with van der Waals surface area (Å²) in [5, 5.41) is 2.86. The van der Waals surface area contributed by atoms with Gasteiger partial charge in [-0.05, 0) is 31.0 Å². The Morgan fingerprint density at radius 1 is 1.25 bits per heavy atom. The molecule has 1 aliphatic carbocycles. The van der Waals surface area contributed by atoms with Crippen molar-refractivity contribution in [1.82, 2.24) is 5.32 Å². The maximum Gasteiger partial charge on any atom is 0.412 e. The minimum Gasteiger partial charge on any atom is -0.493 e. The van der Waals surface area contributed by atoms with Crippen LogP contribution in [0.25, 0.3) is 0 Å². The molecule has 1 saturated carbocycles. The lowest BCUT2D eigenvalue weighted by Gasteiger charge is -2.22. The van der Waals surface area contributed by atoms with E-state index in [1.54, 1.807) is 12.1 Å². The van der Waals surface area contributed by atoms with Gasteiger partial charge in [-0.15, -0.1) is 0 Å². The van der Waals surface area contributed by atoms with Crippen molar-refractivity contribution in [2.24, 2.45) is 0 Å². The molecular formula is C15H19NO4. The van der Waals surface area contributed by atoms with Crippen LogP contribution in [0.15, 0.2) is 18.2 Å². The average Bonchev–Trinajstić information content (AvgIpc) is 2.48. The van der Waals surface area contributed by atoms with E-state index in [0.717, 1.165) is 25.7 Å². The highest BCUT2D eigenvalue weighted by Crippen LogP contribution is 2.28. The molecule has 1 N–H and O–H groups in total. The Kier molecular flexibility index (Phi) is 4.98. The number of hydrogen-bond donors (Lipinski definition) is 1. The Morgan fingerprint density at radius 2 is 2.00 bits per heavy atom. The van der Waals surface area contributed by atoms with E-state index in [9.17, 15) is 9.59 Å². The van der Waals surface area contributed by atoms with Crippen LogP contribution in [-0.2, 0) is 0 Å². The van der Waals surface area contributed by atoms with Crippen LogP contribution in [0.2, 0.25) is 0 Å². The van der Waals surface area contributed by atoms with E-state index >= 15 is 0 Å². The van der Waals surface area contributed by atoms with E-state index in [4.69, 9.17) is 9.47 Å². The first-order chi connectivity index (χ1) is 9.72. The lowest BCUT2D eigenvalue weighted by atomic mass is 9.96. The number of rotatable bonds is 4. The van der Waals surface area contributed by atoms with Gasteiger partial charge in [0.2, 0.25) is 0 Å². The van der Waals surface area contributed by atoms with E-state index in [1.165, 1.54) is 19.6 Å². The summed E-state index contributed by atoms with van der Waals surface area (Å²) < 4.78 is 10.4. The molecule has 0 heterocycles. The molecule has 1 amide bonds. The summed E-state index contributed by atoms with van der Waals surface area (Å²) >= 11 is 0. The first-order valence-electron chi connectivity index (χ1n) is 6.84. The van der Waals surface area contributed by atoms with Gasteiger partial charge in [0.05, 0.1) is 7.11 Å². The zero-order valence-electron chi connectivity index (χ0n) is 11.6. The molecule has 20 heavy (non-hydrogen) atoms. The van der Waals surface area contributed by atoms with Crippen molar-refractivity contribution >= 4 is 12.4 Å². The molecule has 2 rings (SSSR count). The van der Waals surface area contributed by atoms with E-state index < -0.39 is 6.09 Å². The number of hydrogen-bond acceptors (Lipinski definition) is 4. The van der Waals surface area contributed by atoms with Crippen LogP contribution < -0.4 is 14.8 Å². The number of aldehydes is 1. The first kappa shape index (κ1) is 14.4. The number of carbonyl (C=O) groups is 2. The van der Waals surface area contributed by atoms with Gasteiger partial charge in [0, 0.05) is 11.6 Å². The fraction of sp³-hybridized carbons (Fsp3) is 0.467. The summed E-state index contributed by atoms with van der Waals surface area (Å²) in [6.45, 7) is 0. The second-order valence-electron chi connectivity index (χ2n) is 4.90. The number of carbonyl (C=O) groups excluding carboxylic acids is 2. The van der Waals surface area contributed by atoms with Crippen molar-refractivity contribution in [3.8, 4) is 11.5 Å². The molecule has 0 bridgehead atoms. The van der Waals surface area contributed by atoms with Crippen LogP contribution in [0.3, 0.4) is 0 Å². The fourth-order valence-corrected chi connectivity index (χ4v) is 2.38. The molecule has 1 fully saturated rings. The van der Waals surface area contributed by atoms with Gasteiger partial charge in [0.1, 0.15) is 6.29 Å². The lowest BCUT2D eigenvalue weighted by Crippen LogP contribution is -2.38. The minimum absolute atomic E-state index is 0.191. The topological polar surface area (TPSA) is 64.6 Å². The molecule has 0 aromatic heterocycles. The molecule has 0 spiro atoms. The predicted molar refractivity (Wildman–Crippen MR) is 74.4 cm³/mol. The summed E-state index contributed by atoms with van der Waals surface area (Å²) in [5.41, 5.74) is 0.474. The average molecular weight is 277 g/mol. The minimum atomic E-state index is -0.478. The van der Waals surface area contributed by atoms with E-state index in [-0.39, 0.29) is 6.04 Å². The Labute approximate surface area is 118 Å². The zero-order valence-corrected chi connectivity index (χ0v) is 11.6. The molecule has 0 atom stereocenters. The van der Waals surface area contributed by atoms with Crippen molar-refractivity contribution in [1.29, 1.82) is 0 Å². The molecule has 5 nitrogen and oxygen atoms in total. The number of ether oxygens (including phenoxy) is 2. The van der Waals surface area contributed by atoms with Gasteiger partial charge in [0.15, 0.2) is 11.5 Å². The van der Waals surface area contributed by atoms with E-state index in [1.807, 2.05) is 0 Å². The second-order valence-corrected chi connectivity index (χ2v) is 4.90. The molecule has 0 aliphatic heterocycles. The molecule has 108 valence electrons. The van der Waals surface area contributed by atoms with Gasteiger partial charge in [-0.3, -0.25) is 4.79 Å². The van der Waals surface area contributed by atoms with Crippen LogP contribution >= 0.6 is 0 Å². The fourth-order valence-electron chi connectivity index (χ4n) is 2.38. The maximum atomic E-state index is 11.8. The Morgan fingerprint density at radius 3 is 2.65 bits per heavy atom. The number of benzene rings is 1. The smallest absolute Gasteiger partial charge is 0.412 e. The molecule has 1 aromatic rings. The van der Waals surface area contributed by atoms with Crippen LogP contribution in [-0.4, -0.2) is 25.5 Å². The summed E-state index contributed by atoms with van der Waals surface area (Å²) in [4.78, 5) is 22.5. The Balaban J connectivity index is 1.97. The second kappa shape index (κ2) is 6.93. The molecule has 0 saturated heterocycles. The summed E-state index contributed by atoms with van der Waals surface area (Å²) in [7, 11) is 1.47. The van der Waals surface area contributed by atoms with Crippen LogP contribution in [0.5, 0.6) is 11.5 Å². The largest absolute Gasteiger partial charge is 0.493 e. The number of nitrogens with one attached hydrogen (secondary N) is 1. The van der Waals surface area contributed by atoms with Gasteiger partial charge in [-0.25, -0.2) is 4.79 Å². The van der Waals surface area contributed by atoms with E-state index in [0.29, 0.717) is 23.3 Å². The van der Waals surface area contributed by atoms with Crippen LogP contribution in [0.4, 0.5) is 4.79 Å². The molecule has 0 unspecified atom stereocenters. The van der Waals surface area contributed by atoms with Crippen molar-refractivity contribution in [3.63, 3.8) is 0 Å². The standard InChI is InChI=1S/C15H19NO4/c1-19-14-9-11(10-17)7-8-13(14)20-15(18)16-12-5-3-2-4-6-12/h7-10,12H,2-6H2,1H3,(H,16,18). The summed E-state index contributed by atoms with van der Waals surface area (Å²) in [5.74, 6) is 0.680. The monoisotopic (exact) mass is 277 g/mol. The van der Waals surface area contributed by atoms with Gasteiger partial charge in [-0.1, -0.05) is 19.3 Å². The Hall–Kier alpha value is -2.04. The van der Waals surface area contributed by atoms with Gasteiger partial charge in [-0.2, -0.15) is 0 Å². The zero-order chi connectivity index (χ0) is 14.4. The normalized spacial score (nSPS) is 15.4. The highest BCUT2D eigenvalue weighted by Gasteiger charge is 2.18. The Bertz CT molecular complexity index is 481. The van der Waals surface area contributed by atoms with Gasteiger partial charge < -0.3 is 14.8 Å². The third-order valence-electron chi connectivity index (χ3n) is 3.45. The molecule has 1 aromatic carbocycles. The first-order valence-corrected chi connectivity index (χ1v) is 6.84. The van der Waals surface area contributed by atoms with Crippen LogP contribution in [0, 0.1) is 0 Å². The summed E-state index contributed by atoms with van der Waals surface area (Å²) in [6, 6.07) is 4.87. The maximum absolute atomic E-state index is 11.8. The lowest BCUT2D eigenvalue weighted by molar-refractivity contribution is 0.112. The third kappa shape index (κ3) is 3.73. The number of methoxy groups -OCH3 is 1.